The summed E-state index contributed by atoms with van der Waals surface area (Å²) in [4.78, 5) is 1.59. The van der Waals surface area contributed by atoms with E-state index in [1.54, 1.807) is 41.3 Å². The number of anilines is 2. The zero-order valence-electron chi connectivity index (χ0n) is 9.91. The van der Waals surface area contributed by atoms with Gasteiger partial charge >= 0.3 is 0 Å². The van der Waals surface area contributed by atoms with Gasteiger partial charge in [-0.05, 0) is 48.6 Å². The van der Waals surface area contributed by atoms with Crippen LogP contribution in [0.2, 0.25) is 20.1 Å². The Labute approximate surface area is 142 Å². The van der Waals surface area contributed by atoms with Crippen molar-refractivity contribution in [3.8, 4) is 0 Å². The van der Waals surface area contributed by atoms with Crippen LogP contribution in [-0.4, -0.2) is 5.11 Å². The third kappa shape index (κ3) is 3.68. The predicted octanol–water partition coefficient (Wildman–Crippen LogP) is 5.68. The first-order valence-electron chi connectivity index (χ1n) is 5.38. The smallest absolute Gasteiger partial charge is 0.175 e. The Bertz CT molecular complexity index is 583. The minimum Gasteiger partial charge on any atom is -0.376 e. The fourth-order valence-corrected chi connectivity index (χ4v) is 2.98. The van der Waals surface area contributed by atoms with Crippen molar-refractivity contribution >= 4 is 75.1 Å². The SMILES string of the molecule is NC(=S)N(c1cc(Cl)cc(Cl)c1)c1cc(Cl)cc(Cl)c1. The number of nitrogens with two attached hydrogens (primary N) is 1. The lowest BCUT2D eigenvalue weighted by Gasteiger charge is -2.24. The maximum atomic E-state index is 6.00. The van der Waals surface area contributed by atoms with Crippen molar-refractivity contribution in [2.24, 2.45) is 5.73 Å². The van der Waals surface area contributed by atoms with Crippen LogP contribution in [0.1, 0.15) is 0 Å². The highest BCUT2D eigenvalue weighted by atomic mass is 35.5. The Morgan fingerprint density at radius 3 is 1.30 bits per heavy atom. The number of rotatable bonds is 2. The summed E-state index contributed by atoms with van der Waals surface area (Å²) < 4.78 is 0. The standard InChI is InChI=1S/C13H8Cl4N2S/c14-7-1-8(15)4-11(3-7)19(13(18)20)12-5-9(16)2-10(17)6-12/h1-6H,(H2,18,20). The molecule has 104 valence electrons. The molecule has 0 saturated carbocycles. The van der Waals surface area contributed by atoms with Gasteiger partial charge in [-0.2, -0.15) is 0 Å². The van der Waals surface area contributed by atoms with Gasteiger partial charge in [-0.1, -0.05) is 46.4 Å². The number of halogens is 4. The molecule has 0 saturated heterocycles. The summed E-state index contributed by atoms with van der Waals surface area (Å²) in [5.74, 6) is 0. The Morgan fingerprint density at radius 1 is 0.750 bits per heavy atom. The highest BCUT2D eigenvalue weighted by Crippen LogP contribution is 2.33. The van der Waals surface area contributed by atoms with Crippen LogP contribution in [0.25, 0.3) is 0 Å². The lowest BCUT2D eigenvalue weighted by Crippen LogP contribution is -2.31. The predicted molar refractivity (Wildman–Crippen MR) is 91.8 cm³/mol. The summed E-state index contributed by atoms with van der Waals surface area (Å²) in [6, 6.07) is 10.0. The Morgan fingerprint density at radius 2 is 1.05 bits per heavy atom. The monoisotopic (exact) mass is 364 g/mol. The molecule has 2 nitrogen and oxygen atoms in total. The van der Waals surface area contributed by atoms with E-state index in [0.29, 0.717) is 31.5 Å². The molecule has 0 amide bonds. The fraction of sp³-hybridized carbons (Fsp3) is 0. The van der Waals surface area contributed by atoms with E-state index in [0.717, 1.165) is 0 Å². The fourth-order valence-electron chi connectivity index (χ4n) is 1.74. The molecule has 7 heteroatoms. The van der Waals surface area contributed by atoms with Gasteiger partial charge in [0, 0.05) is 20.1 Å². The molecule has 0 aliphatic rings. The molecule has 0 radical (unpaired) electrons. The second-order valence-electron chi connectivity index (χ2n) is 3.93. The second-order valence-corrected chi connectivity index (χ2v) is 6.09. The zero-order valence-corrected chi connectivity index (χ0v) is 13.7. The van der Waals surface area contributed by atoms with E-state index in [2.05, 4.69) is 0 Å². The number of hydrogen-bond donors (Lipinski definition) is 1. The first-order chi connectivity index (χ1) is 9.36. The van der Waals surface area contributed by atoms with Gasteiger partial charge in [0.1, 0.15) is 0 Å². The molecule has 0 aromatic heterocycles. The minimum absolute atomic E-state index is 0.127. The maximum Gasteiger partial charge on any atom is 0.175 e. The van der Waals surface area contributed by atoms with E-state index in [1.807, 2.05) is 0 Å². The molecular weight excluding hydrogens is 358 g/mol. The van der Waals surface area contributed by atoms with Gasteiger partial charge in [-0.25, -0.2) is 0 Å². The van der Waals surface area contributed by atoms with Crippen LogP contribution in [0.15, 0.2) is 36.4 Å². The highest BCUT2D eigenvalue weighted by Gasteiger charge is 2.15. The summed E-state index contributed by atoms with van der Waals surface area (Å²) in [5, 5.41) is 2.02. The summed E-state index contributed by atoms with van der Waals surface area (Å²) in [7, 11) is 0. The molecule has 2 N–H and O–H groups in total. The number of hydrogen-bond acceptors (Lipinski definition) is 1. The molecule has 2 aromatic carbocycles. The molecule has 0 aliphatic carbocycles. The van der Waals surface area contributed by atoms with Crippen molar-refractivity contribution in [2.45, 2.75) is 0 Å². The van der Waals surface area contributed by atoms with E-state index in [4.69, 9.17) is 64.4 Å². The number of benzene rings is 2. The van der Waals surface area contributed by atoms with Crippen molar-refractivity contribution in [3.63, 3.8) is 0 Å². The third-order valence-electron chi connectivity index (χ3n) is 2.43. The second kappa shape index (κ2) is 6.37. The van der Waals surface area contributed by atoms with E-state index < -0.39 is 0 Å². The van der Waals surface area contributed by atoms with E-state index in [9.17, 15) is 0 Å². The van der Waals surface area contributed by atoms with Crippen molar-refractivity contribution in [3.05, 3.63) is 56.5 Å². The molecule has 0 bridgehead atoms. The van der Waals surface area contributed by atoms with E-state index >= 15 is 0 Å². The Kier molecular flexibility index (Phi) is 4.99. The molecule has 0 atom stereocenters. The average molecular weight is 366 g/mol. The van der Waals surface area contributed by atoms with Crippen LogP contribution < -0.4 is 10.6 Å². The minimum atomic E-state index is 0.127. The lowest BCUT2D eigenvalue weighted by molar-refractivity contribution is 1.34. The first-order valence-corrected chi connectivity index (χ1v) is 7.30. The molecular formula is C13H8Cl4N2S. The molecule has 0 unspecified atom stereocenters. The van der Waals surface area contributed by atoms with Gasteiger partial charge in [0.25, 0.3) is 0 Å². The molecule has 0 spiro atoms. The maximum absolute atomic E-state index is 6.00. The molecule has 0 heterocycles. The van der Waals surface area contributed by atoms with Crippen LogP contribution in [0.5, 0.6) is 0 Å². The summed E-state index contributed by atoms with van der Waals surface area (Å²) in [6.07, 6.45) is 0. The van der Waals surface area contributed by atoms with Gasteiger partial charge in [0.15, 0.2) is 5.11 Å². The van der Waals surface area contributed by atoms with Crippen molar-refractivity contribution in [2.75, 3.05) is 4.90 Å². The largest absolute Gasteiger partial charge is 0.376 e. The summed E-state index contributed by atoms with van der Waals surface area (Å²) in [6.45, 7) is 0. The number of nitrogens with zero attached hydrogens (tertiary/aromatic N) is 1. The van der Waals surface area contributed by atoms with Crippen LogP contribution in [0, 0.1) is 0 Å². The van der Waals surface area contributed by atoms with Gasteiger partial charge in [0.05, 0.1) is 11.4 Å². The summed E-state index contributed by atoms with van der Waals surface area (Å²) in [5.41, 5.74) is 7.05. The average Bonchev–Trinajstić information content (AvgIpc) is 2.25. The van der Waals surface area contributed by atoms with Crippen LogP contribution in [0.4, 0.5) is 11.4 Å². The van der Waals surface area contributed by atoms with Gasteiger partial charge in [-0.15, -0.1) is 0 Å². The van der Waals surface area contributed by atoms with E-state index in [-0.39, 0.29) is 5.11 Å². The third-order valence-corrected chi connectivity index (χ3v) is 3.49. The zero-order chi connectivity index (χ0) is 14.9. The van der Waals surface area contributed by atoms with Gasteiger partial charge in [0.2, 0.25) is 0 Å². The normalized spacial score (nSPS) is 10.4. The lowest BCUT2D eigenvalue weighted by atomic mass is 10.2. The van der Waals surface area contributed by atoms with Crippen molar-refractivity contribution in [1.29, 1.82) is 0 Å². The van der Waals surface area contributed by atoms with Crippen molar-refractivity contribution in [1.82, 2.24) is 0 Å². The van der Waals surface area contributed by atoms with E-state index in [1.165, 1.54) is 0 Å². The van der Waals surface area contributed by atoms with Gasteiger partial charge in [-0.3, -0.25) is 4.90 Å². The molecule has 2 rings (SSSR count). The Balaban J connectivity index is 2.59. The molecule has 0 fully saturated rings. The van der Waals surface area contributed by atoms with Crippen LogP contribution >= 0.6 is 58.6 Å². The molecule has 2 aromatic rings. The first kappa shape index (κ1) is 15.7. The topological polar surface area (TPSA) is 29.3 Å². The Hall–Kier alpha value is -0.710. The van der Waals surface area contributed by atoms with Gasteiger partial charge < -0.3 is 5.73 Å². The summed E-state index contributed by atoms with van der Waals surface area (Å²) >= 11 is 29.1. The van der Waals surface area contributed by atoms with Crippen molar-refractivity contribution < 1.29 is 0 Å². The molecule has 0 aliphatic heterocycles. The quantitative estimate of drug-likeness (QED) is 0.694. The highest BCUT2D eigenvalue weighted by molar-refractivity contribution is 7.80. The number of thiocarbonyl (C=S) groups is 1. The van der Waals surface area contributed by atoms with Crippen LogP contribution in [0.3, 0.4) is 0 Å². The molecule has 20 heavy (non-hydrogen) atoms. The van der Waals surface area contributed by atoms with Crippen LogP contribution in [-0.2, 0) is 0 Å².